The average molecular weight is 333 g/mol. The van der Waals surface area contributed by atoms with Crippen LogP contribution in [0.3, 0.4) is 0 Å². The number of amides is 2. The predicted octanol–water partition coefficient (Wildman–Crippen LogP) is 1.66. The summed E-state index contributed by atoms with van der Waals surface area (Å²) < 4.78 is 13.5. The van der Waals surface area contributed by atoms with E-state index >= 15 is 0 Å². The maximum Gasteiger partial charge on any atom is 0.315 e. The summed E-state index contributed by atoms with van der Waals surface area (Å²) in [6.45, 7) is 3.49. The third-order valence-electron chi connectivity index (χ3n) is 3.64. The van der Waals surface area contributed by atoms with Crippen molar-refractivity contribution in [2.45, 2.75) is 26.5 Å². The van der Waals surface area contributed by atoms with Crippen LogP contribution in [0.4, 0.5) is 9.18 Å². The van der Waals surface area contributed by atoms with Gasteiger partial charge >= 0.3 is 6.03 Å². The molecule has 4 N–H and O–H groups in total. The first-order valence-electron chi connectivity index (χ1n) is 7.52. The second-order valence-electron chi connectivity index (χ2n) is 5.54. The Bertz CT molecular complexity index is 789. The van der Waals surface area contributed by atoms with E-state index in [1.165, 1.54) is 18.2 Å². The summed E-state index contributed by atoms with van der Waals surface area (Å²) in [7, 11) is 0. The van der Waals surface area contributed by atoms with Crippen molar-refractivity contribution in [1.82, 2.24) is 15.6 Å². The number of aliphatic hydroxyl groups is 1. The number of carbonyl (C=O) groups excluding carboxylic acids is 1. The van der Waals surface area contributed by atoms with E-state index in [0.29, 0.717) is 5.56 Å². The van der Waals surface area contributed by atoms with Gasteiger partial charge in [-0.1, -0.05) is 18.2 Å². The Kier molecular flexibility index (Phi) is 5.70. The topological polar surface area (TPSA) is 94.2 Å². The maximum atomic E-state index is 13.5. The molecule has 0 unspecified atom stereocenters. The molecule has 24 heavy (non-hydrogen) atoms. The molecule has 1 aromatic carbocycles. The van der Waals surface area contributed by atoms with E-state index in [1.807, 2.05) is 6.07 Å². The first-order chi connectivity index (χ1) is 11.4. The number of aryl methyl sites for hydroxylation is 2. The highest BCUT2D eigenvalue weighted by Crippen LogP contribution is 2.15. The van der Waals surface area contributed by atoms with Gasteiger partial charge in [-0.3, -0.25) is 4.79 Å². The van der Waals surface area contributed by atoms with Crippen LogP contribution in [-0.4, -0.2) is 22.7 Å². The van der Waals surface area contributed by atoms with Crippen LogP contribution in [0.5, 0.6) is 0 Å². The zero-order valence-corrected chi connectivity index (χ0v) is 13.5. The molecule has 0 spiro atoms. The van der Waals surface area contributed by atoms with Crippen LogP contribution >= 0.6 is 0 Å². The van der Waals surface area contributed by atoms with Gasteiger partial charge in [0, 0.05) is 23.4 Å². The molecule has 0 aliphatic carbocycles. The van der Waals surface area contributed by atoms with E-state index in [2.05, 4.69) is 15.6 Å². The summed E-state index contributed by atoms with van der Waals surface area (Å²) in [6.07, 6.45) is -1.15. The number of carbonyl (C=O) groups is 1. The number of urea groups is 1. The number of aliphatic hydroxyl groups excluding tert-OH is 1. The fourth-order valence-corrected chi connectivity index (χ4v) is 2.38. The highest BCUT2D eigenvalue weighted by molar-refractivity contribution is 5.73. The van der Waals surface area contributed by atoms with Crippen LogP contribution < -0.4 is 16.2 Å². The number of rotatable bonds is 5. The third kappa shape index (κ3) is 4.42. The molecule has 0 bridgehead atoms. The summed E-state index contributed by atoms with van der Waals surface area (Å²) in [5.41, 5.74) is 1.86. The molecule has 0 saturated carbocycles. The van der Waals surface area contributed by atoms with E-state index in [9.17, 15) is 19.1 Å². The molecule has 1 aromatic heterocycles. The van der Waals surface area contributed by atoms with Gasteiger partial charge < -0.3 is 20.7 Å². The van der Waals surface area contributed by atoms with Gasteiger partial charge in [0.15, 0.2) is 0 Å². The summed E-state index contributed by atoms with van der Waals surface area (Å²) in [5, 5.41) is 14.9. The number of benzene rings is 1. The fraction of sp³-hybridized carbons (Fsp3) is 0.294. The summed E-state index contributed by atoms with van der Waals surface area (Å²) in [4.78, 5) is 26.3. The normalized spacial score (nSPS) is 11.8. The Morgan fingerprint density at radius 2 is 2.00 bits per heavy atom. The first-order valence-corrected chi connectivity index (χ1v) is 7.52. The van der Waals surface area contributed by atoms with E-state index in [4.69, 9.17) is 0 Å². The van der Waals surface area contributed by atoms with Gasteiger partial charge in [-0.15, -0.1) is 0 Å². The lowest BCUT2D eigenvalue weighted by molar-refractivity contribution is 0.169. The minimum Gasteiger partial charge on any atom is -0.386 e. The molecule has 0 saturated heterocycles. The molecule has 7 heteroatoms. The van der Waals surface area contributed by atoms with Crippen molar-refractivity contribution < 1.29 is 14.3 Å². The number of aromatic amines is 1. The zero-order chi connectivity index (χ0) is 17.7. The van der Waals surface area contributed by atoms with Gasteiger partial charge in [-0.2, -0.15) is 0 Å². The minimum absolute atomic E-state index is 0.0586. The molecule has 1 heterocycles. The van der Waals surface area contributed by atoms with E-state index in [1.54, 1.807) is 19.9 Å². The Labute approximate surface area is 138 Å². The standard InChI is InChI=1S/C17H20FN3O3/c1-10-7-11(2)21-16(23)13(10)8-19-17(24)20-9-15(22)12-5-3-4-6-14(12)18/h3-7,15,22H,8-9H2,1-2H3,(H,21,23)(H2,19,20,24)/t15-/m0/s1. The highest BCUT2D eigenvalue weighted by Gasteiger charge is 2.13. The van der Waals surface area contributed by atoms with Gasteiger partial charge in [-0.25, -0.2) is 9.18 Å². The number of H-pyrrole nitrogens is 1. The monoisotopic (exact) mass is 333 g/mol. The smallest absolute Gasteiger partial charge is 0.315 e. The van der Waals surface area contributed by atoms with Crippen LogP contribution in [0.25, 0.3) is 0 Å². The number of hydrogen-bond donors (Lipinski definition) is 4. The van der Waals surface area contributed by atoms with Crippen LogP contribution in [0.1, 0.15) is 28.5 Å². The largest absolute Gasteiger partial charge is 0.386 e. The molecule has 2 rings (SSSR count). The lowest BCUT2D eigenvalue weighted by atomic mass is 10.1. The molecular weight excluding hydrogens is 313 g/mol. The van der Waals surface area contributed by atoms with Gasteiger partial charge in [0.05, 0.1) is 12.6 Å². The second kappa shape index (κ2) is 7.74. The van der Waals surface area contributed by atoms with Crippen LogP contribution in [0, 0.1) is 19.7 Å². The van der Waals surface area contributed by atoms with Crippen molar-refractivity contribution >= 4 is 6.03 Å². The molecule has 6 nitrogen and oxygen atoms in total. The molecule has 2 aromatic rings. The lowest BCUT2D eigenvalue weighted by Gasteiger charge is -2.14. The van der Waals surface area contributed by atoms with E-state index < -0.39 is 18.0 Å². The molecule has 128 valence electrons. The minimum atomic E-state index is -1.15. The van der Waals surface area contributed by atoms with Gasteiger partial charge in [0.1, 0.15) is 5.82 Å². The number of hydrogen-bond acceptors (Lipinski definition) is 3. The molecule has 0 aliphatic heterocycles. The van der Waals surface area contributed by atoms with Crippen LogP contribution in [0.15, 0.2) is 35.1 Å². The zero-order valence-electron chi connectivity index (χ0n) is 13.5. The van der Waals surface area contributed by atoms with Crippen molar-refractivity contribution in [3.63, 3.8) is 0 Å². The fourth-order valence-electron chi connectivity index (χ4n) is 2.38. The first kappa shape index (κ1) is 17.7. The molecular formula is C17H20FN3O3. The molecule has 2 amide bonds. The number of pyridine rings is 1. The third-order valence-corrected chi connectivity index (χ3v) is 3.64. The van der Waals surface area contributed by atoms with Crippen molar-refractivity contribution in [1.29, 1.82) is 0 Å². The Balaban J connectivity index is 1.88. The molecule has 1 atom stereocenters. The maximum absolute atomic E-state index is 13.5. The van der Waals surface area contributed by atoms with Gasteiger partial charge in [-0.05, 0) is 31.5 Å². The van der Waals surface area contributed by atoms with Crippen molar-refractivity contribution in [2.75, 3.05) is 6.54 Å². The van der Waals surface area contributed by atoms with Gasteiger partial charge in [0.2, 0.25) is 0 Å². The Morgan fingerprint density at radius 1 is 1.29 bits per heavy atom. The molecule has 0 fully saturated rings. The van der Waals surface area contributed by atoms with Gasteiger partial charge in [0.25, 0.3) is 5.56 Å². The van der Waals surface area contributed by atoms with Crippen molar-refractivity contribution in [3.05, 3.63) is 68.9 Å². The molecule has 0 aliphatic rings. The molecule has 0 radical (unpaired) electrons. The Morgan fingerprint density at radius 3 is 2.67 bits per heavy atom. The summed E-state index contributed by atoms with van der Waals surface area (Å²) in [5.74, 6) is -0.533. The van der Waals surface area contributed by atoms with E-state index in [-0.39, 0.29) is 24.2 Å². The predicted molar refractivity (Wildman–Crippen MR) is 88.1 cm³/mol. The van der Waals surface area contributed by atoms with Crippen molar-refractivity contribution in [3.8, 4) is 0 Å². The van der Waals surface area contributed by atoms with Crippen molar-refractivity contribution in [2.24, 2.45) is 0 Å². The number of nitrogens with one attached hydrogen (secondary N) is 3. The SMILES string of the molecule is Cc1cc(C)c(CNC(=O)NC[C@H](O)c2ccccc2F)c(=O)[nH]1. The average Bonchev–Trinajstić information content (AvgIpc) is 2.52. The second-order valence-corrected chi connectivity index (χ2v) is 5.54. The van der Waals surface area contributed by atoms with E-state index in [0.717, 1.165) is 11.3 Å². The quantitative estimate of drug-likeness (QED) is 0.670. The van der Waals surface area contributed by atoms with Crippen LogP contribution in [0.2, 0.25) is 0 Å². The number of halogens is 1. The number of aromatic nitrogens is 1. The van der Waals surface area contributed by atoms with Crippen LogP contribution in [-0.2, 0) is 6.54 Å². The Hall–Kier alpha value is -2.67. The lowest BCUT2D eigenvalue weighted by Crippen LogP contribution is -2.38. The summed E-state index contributed by atoms with van der Waals surface area (Å²) in [6, 6.07) is 7.09. The summed E-state index contributed by atoms with van der Waals surface area (Å²) >= 11 is 0. The highest BCUT2D eigenvalue weighted by atomic mass is 19.1.